The minimum atomic E-state index is -2.93. The number of rotatable bonds is 3. The summed E-state index contributed by atoms with van der Waals surface area (Å²) in [6.45, 7) is 2.45. The van der Waals surface area contributed by atoms with Crippen LogP contribution in [0.15, 0.2) is 11.5 Å². The summed E-state index contributed by atoms with van der Waals surface area (Å²) in [7, 11) is -2.93. The molecule has 0 aromatic rings. The Morgan fingerprint density at radius 2 is 2.42 bits per heavy atom. The molecule has 4 nitrogen and oxygen atoms in total. The molecule has 0 bridgehead atoms. The van der Waals surface area contributed by atoms with Crippen molar-refractivity contribution in [3.8, 4) is 0 Å². The lowest BCUT2D eigenvalue weighted by atomic mass is 10.2. The van der Waals surface area contributed by atoms with Gasteiger partial charge in [0.05, 0.1) is 5.75 Å². The van der Waals surface area contributed by atoms with Crippen LogP contribution in [0.2, 0.25) is 0 Å². The van der Waals surface area contributed by atoms with Gasteiger partial charge < -0.3 is 11.1 Å². The summed E-state index contributed by atoms with van der Waals surface area (Å²) in [6, 6.07) is 0.0986. The van der Waals surface area contributed by atoms with Crippen LogP contribution < -0.4 is 11.1 Å². The molecule has 12 heavy (non-hydrogen) atoms. The van der Waals surface area contributed by atoms with Crippen molar-refractivity contribution >= 4 is 9.84 Å². The Hall–Kier alpha value is -0.390. The third-order valence-electron chi connectivity index (χ3n) is 1.78. The van der Waals surface area contributed by atoms with Gasteiger partial charge in [-0.25, -0.2) is 8.42 Å². The lowest BCUT2D eigenvalue weighted by Gasteiger charge is -2.15. The summed E-state index contributed by atoms with van der Waals surface area (Å²) >= 11 is 0. The van der Waals surface area contributed by atoms with Crippen molar-refractivity contribution in [2.45, 2.75) is 19.0 Å². The molecule has 0 saturated carbocycles. The Balaban J connectivity index is 2.45. The summed E-state index contributed by atoms with van der Waals surface area (Å²) in [4.78, 5) is 0. The predicted octanol–water partition coefficient (Wildman–Crippen LogP) is -0.766. The van der Waals surface area contributed by atoms with Crippen LogP contribution in [0.25, 0.3) is 0 Å². The third-order valence-corrected chi connectivity index (χ3v) is 3.18. The van der Waals surface area contributed by atoms with Crippen LogP contribution in [0.1, 0.15) is 6.92 Å². The van der Waals surface area contributed by atoms with Gasteiger partial charge in [-0.2, -0.15) is 0 Å². The highest BCUT2D eigenvalue weighted by Crippen LogP contribution is 2.07. The van der Waals surface area contributed by atoms with Crippen LogP contribution in [0.5, 0.6) is 0 Å². The summed E-state index contributed by atoms with van der Waals surface area (Å²) in [5, 5.41) is 4.35. The fourth-order valence-corrected chi connectivity index (χ4v) is 2.36. The van der Waals surface area contributed by atoms with Gasteiger partial charge in [-0.15, -0.1) is 0 Å². The van der Waals surface area contributed by atoms with Gasteiger partial charge in [-0.05, 0) is 6.92 Å². The molecule has 1 aliphatic rings. The molecule has 0 saturated heterocycles. The van der Waals surface area contributed by atoms with Crippen molar-refractivity contribution in [3.05, 3.63) is 11.5 Å². The highest BCUT2D eigenvalue weighted by atomic mass is 32.2. The standard InChI is InChI=1S/C7H14N2O2S/c1-6(4-8)9-7-2-3-12(10,11)5-7/h2-3,6-7,9H,4-5,8H2,1H3. The minimum Gasteiger partial charge on any atom is -0.329 e. The third kappa shape index (κ3) is 2.58. The first-order valence-electron chi connectivity index (χ1n) is 3.90. The highest BCUT2D eigenvalue weighted by molar-refractivity contribution is 7.94. The van der Waals surface area contributed by atoms with Gasteiger partial charge in [-0.3, -0.25) is 0 Å². The Bertz CT molecular complexity index is 271. The average Bonchev–Trinajstić information content (AvgIpc) is 2.30. The molecule has 0 spiro atoms. The fraction of sp³-hybridized carbons (Fsp3) is 0.714. The van der Waals surface area contributed by atoms with E-state index in [0.717, 1.165) is 0 Å². The summed E-state index contributed by atoms with van der Waals surface area (Å²) in [5.41, 5.74) is 5.38. The molecule has 0 aliphatic carbocycles. The van der Waals surface area contributed by atoms with E-state index in [4.69, 9.17) is 5.73 Å². The quantitative estimate of drug-likeness (QED) is 0.613. The van der Waals surface area contributed by atoms with Gasteiger partial charge in [0.2, 0.25) is 0 Å². The Morgan fingerprint density at radius 1 is 1.75 bits per heavy atom. The van der Waals surface area contributed by atoms with E-state index in [0.29, 0.717) is 6.54 Å². The Morgan fingerprint density at radius 3 is 2.83 bits per heavy atom. The smallest absolute Gasteiger partial charge is 0.173 e. The van der Waals surface area contributed by atoms with Gasteiger partial charge in [0.25, 0.3) is 0 Å². The maximum absolute atomic E-state index is 11.0. The maximum atomic E-state index is 11.0. The van der Waals surface area contributed by atoms with Crippen LogP contribution >= 0.6 is 0 Å². The molecule has 1 rings (SSSR count). The van der Waals surface area contributed by atoms with Crippen molar-refractivity contribution in [1.82, 2.24) is 5.32 Å². The topological polar surface area (TPSA) is 72.2 Å². The second-order valence-corrected chi connectivity index (χ2v) is 5.00. The van der Waals surface area contributed by atoms with Crippen molar-refractivity contribution in [2.24, 2.45) is 5.73 Å². The molecule has 0 amide bonds. The monoisotopic (exact) mass is 190 g/mol. The van der Waals surface area contributed by atoms with Gasteiger partial charge in [0, 0.05) is 24.0 Å². The van der Waals surface area contributed by atoms with Gasteiger partial charge >= 0.3 is 0 Å². The van der Waals surface area contributed by atoms with Crippen molar-refractivity contribution < 1.29 is 8.42 Å². The first kappa shape index (κ1) is 9.70. The van der Waals surface area contributed by atoms with E-state index in [2.05, 4.69) is 5.32 Å². The first-order valence-corrected chi connectivity index (χ1v) is 5.62. The number of nitrogens with one attached hydrogen (secondary N) is 1. The molecule has 0 aromatic carbocycles. The molecule has 3 N–H and O–H groups in total. The van der Waals surface area contributed by atoms with E-state index >= 15 is 0 Å². The maximum Gasteiger partial charge on any atom is 0.173 e. The van der Waals surface area contributed by atoms with Crippen LogP contribution in [-0.2, 0) is 9.84 Å². The molecule has 2 atom stereocenters. The highest BCUT2D eigenvalue weighted by Gasteiger charge is 2.21. The zero-order valence-electron chi connectivity index (χ0n) is 7.03. The fourth-order valence-electron chi connectivity index (χ4n) is 1.11. The minimum absolute atomic E-state index is 0.0615. The second-order valence-electron chi connectivity index (χ2n) is 3.07. The van der Waals surface area contributed by atoms with E-state index in [-0.39, 0.29) is 17.8 Å². The van der Waals surface area contributed by atoms with Crippen LogP contribution in [0.4, 0.5) is 0 Å². The van der Waals surface area contributed by atoms with Gasteiger partial charge in [-0.1, -0.05) is 6.08 Å². The molecular weight excluding hydrogens is 176 g/mol. The summed E-state index contributed by atoms with van der Waals surface area (Å²) in [5.74, 6) is 0.164. The summed E-state index contributed by atoms with van der Waals surface area (Å²) < 4.78 is 21.9. The number of nitrogens with two attached hydrogens (primary N) is 1. The normalized spacial score (nSPS) is 29.0. The molecule has 0 fully saturated rings. The molecule has 1 aliphatic heterocycles. The molecule has 70 valence electrons. The molecule has 5 heteroatoms. The van der Waals surface area contributed by atoms with E-state index in [1.54, 1.807) is 6.08 Å². The molecule has 1 heterocycles. The number of sulfone groups is 1. The van der Waals surface area contributed by atoms with Crippen molar-refractivity contribution in [2.75, 3.05) is 12.3 Å². The molecule has 0 aromatic heterocycles. The van der Waals surface area contributed by atoms with E-state index in [1.807, 2.05) is 6.92 Å². The van der Waals surface area contributed by atoms with Crippen LogP contribution in [0, 0.1) is 0 Å². The van der Waals surface area contributed by atoms with E-state index in [1.165, 1.54) is 5.41 Å². The molecule has 0 radical (unpaired) electrons. The lowest BCUT2D eigenvalue weighted by Crippen LogP contribution is -2.41. The van der Waals surface area contributed by atoms with Crippen molar-refractivity contribution in [1.29, 1.82) is 0 Å². The zero-order chi connectivity index (χ0) is 9.19. The van der Waals surface area contributed by atoms with Crippen LogP contribution in [0.3, 0.4) is 0 Å². The van der Waals surface area contributed by atoms with E-state index < -0.39 is 9.84 Å². The summed E-state index contributed by atoms with van der Waals surface area (Å²) in [6.07, 6.45) is 1.67. The Labute approximate surface area is 72.7 Å². The predicted molar refractivity (Wildman–Crippen MR) is 48.4 cm³/mol. The molecule has 2 unspecified atom stereocenters. The van der Waals surface area contributed by atoms with Gasteiger partial charge in [0.15, 0.2) is 9.84 Å². The molecular formula is C7H14N2O2S. The Kier molecular flexibility index (Phi) is 2.87. The zero-order valence-corrected chi connectivity index (χ0v) is 7.84. The largest absolute Gasteiger partial charge is 0.329 e. The van der Waals surface area contributed by atoms with Crippen LogP contribution in [-0.4, -0.2) is 32.8 Å². The number of hydrogen-bond acceptors (Lipinski definition) is 4. The van der Waals surface area contributed by atoms with E-state index in [9.17, 15) is 8.42 Å². The SMILES string of the molecule is CC(CN)NC1C=CS(=O)(=O)C1. The second kappa shape index (κ2) is 3.55. The van der Waals surface area contributed by atoms with Crippen molar-refractivity contribution in [3.63, 3.8) is 0 Å². The van der Waals surface area contributed by atoms with Gasteiger partial charge in [0.1, 0.15) is 0 Å². The average molecular weight is 190 g/mol. The number of hydrogen-bond donors (Lipinski definition) is 2. The first-order chi connectivity index (χ1) is 5.53. The lowest BCUT2D eigenvalue weighted by molar-refractivity contribution is 0.523.